The van der Waals surface area contributed by atoms with Crippen LogP contribution in [0, 0.1) is 11.8 Å². The van der Waals surface area contributed by atoms with Crippen molar-refractivity contribution in [2.24, 2.45) is 11.8 Å². The van der Waals surface area contributed by atoms with Crippen LogP contribution in [0.4, 0.5) is 0 Å². The van der Waals surface area contributed by atoms with Gasteiger partial charge in [-0.05, 0) is 77.7 Å². The average Bonchev–Trinajstić information content (AvgIpc) is 2.96. The maximum absolute atomic E-state index is 11.5. The second-order valence-electron chi connectivity index (χ2n) is 10.1. The van der Waals surface area contributed by atoms with Gasteiger partial charge in [0.1, 0.15) is 5.75 Å². The van der Waals surface area contributed by atoms with Gasteiger partial charge in [-0.1, -0.05) is 66.7 Å². The number of aliphatic hydroxyl groups is 1. The molecule has 3 aromatic carbocycles. The SMILES string of the molecule is COc1ccc2nccc([C@@H](O)C3CC4CCN3CC4/C=C/c3ccc(-c4ccccc4)cc3)c2c1. The fourth-order valence-electron chi connectivity index (χ4n) is 6.05. The quantitative estimate of drug-likeness (QED) is 0.351. The predicted molar refractivity (Wildman–Crippen MR) is 146 cm³/mol. The predicted octanol–water partition coefficient (Wildman–Crippen LogP) is 6.37. The molecular weight excluding hydrogens is 444 g/mol. The highest BCUT2D eigenvalue weighted by atomic mass is 16.5. The Morgan fingerprint density at radius 2 is 1.81 bits per heavy atom. The van der Waals surface area contributed by atoms with E-state index in [4.69, 9.17) is 4.74 Å². The highest BCUT2D eigenvalue weighted by Crippen LogP contribution is 2.42. The van der Waals surface area contributed by atoms with Gasteiger partial charge in [0.25, 0.3) is 0 Å². The molecule has 4 heteroatoms. The Hall–Kier alpha value is -3.47. The lowest BCUT2D eigenvalue weighted by atomic mass is 9.73. The van der Waals surface area contributed by atoms with Gasteiger partial charge in [-0.25, -0.2) is 0 Å². The topological polar surface area (TPSA) is 45.6 Å². The van der Waals surface area contributed by atoms with E-state index in [0.29, 0.717) is 11.8 Å². The molecule has 36 heavy (non-hydrogen) atoms. The molecule has 3 aliphatic heterocycles. The summed E-state index contributed by atoms with van der Waals surface area (Å²) in [6, 6.07) is 27.3. The van der Waals surface area contributed by atoms with E-state index < -0.39 is 6.10 Å². The summed E-state index contributed by atoms with van der Waals surface area (Å²) < 4.78 is 5.43. The molecule has 5 atom stereocenters. The van der Waals surface area contributed by atoms with Gasteiger partial charge in [-0.3, -0.25) is 9.88 Å². The van der Waals surface area contributed by atoms with Gasteiger partial charge in [0, 0.05) is 24.2 Å². The summed E-state index contributed by atoms with van der Waals surface area (Å²) in [6.45, 7) is 2.05. The van der Waals surface area contributed by atoms with Crippen LogP contribution >= 0.6 is 0 Å². The molecule has 2 bridgehead atoms. The van der Waals surface area contributed by atoms with Crippen LogP contribution in [0.2, 0.25) is 0 Å². The van der Waals surface area contributed by atoms with E-state index in [0.717, 1.165) is 41.7 Å². The van der Waals surface area contributed by atoms with Crippen LogP contribution in [-0.4, -0.2) is 41.2 Å². The van der Waals surface area contributed by atoms with Crippen LogP contribution in [0.5, 0.6) is 5.75 Å². The number of pyridine rings is 1. The number of fused-ring (bicyclic) bond motifs is 4. The van der Waals surface area contributed by atoms with Crippen molar-refractivity contribution < 1.29 is 9.84 Å². The van der Waals surface area contributed by atoms with Crippen molar-refractivity contribution in [2.75, 3.05) is 20.2 Å². The number of piperidine rings is 3. The standard InChI is InChI=1S/C32H32N2O2/c1-36-27-13-14-30-29(20-27)28(15-17-33-30)32(35)31-19-25-16-18-34(31)21-26(25)12-9-22-7-10-24(11-8-22)23-5-3-2-4-6-23/h2-15,17,20,25-26,31-32,35H,16,18-19,21H2,1H3/b12-9+/t25?,26?,31?,32-/m1/s1. The van der Waals surface area contributed by atoms with Gasteiger partial charge < -0.3 is 9.84 Å². The fourth-order valence-corrected chi connectivity index (χ4v) is 6.05. The lowest BCUT2D eigenvalue weighted by molar-refractivity contribution is -0.0444. The zero-order valence-corrected chi connectivity index (χ0v) is 20.6. The maximum Gasteiger partial charge on any atom is 0.119 e. The molecule has 7 rings (SSSR count). The molecule has 0 radical (unpaired) electrons. The Kier molecular flexibility index (Phi) is 6.30. The Morgan fingerprint density at radius 1 is 1.00 bits per heavy atom. The number of benzene rings is 3. The molecule has 0 saturated carbocycles. The van der Waals surface area contributed by atoms with Crippen LogP contribution in [0.3, 0.4) is 0 Å². The van der Waals surface area contributed by atoms with E-state index in [-0.39, 0.29) is 6.04 Å². The van der Waals surface area contributed by atoms with Crippen molar-refractivity contribution in [2.45, 2.75) is 25.0 Å². The van der Waals surface area contributed by atoms with Gasteiger partial charge in [-0.15, -0.1) is 0 Å². The van der Waals surface area contributed by atoms with E-state index in [9.17, 15) is 5.11 Å². The highest BCUT2D eigenvalue weighted by molar-refractivity contribution is 5.84. The molecular formula is C32H32N2O2. The van der Waals surface area contributed by atoms with Crippen molar-refractivity contribution >= 4 is 17.0 Å². The molecule has 182 valence electrons. The van der Waals surface area contributed by atoms with Gasteiger partial charge >= 0.3 is 0 Å². The van der Waals surface area contributed by atoms with E-state index in [1.807, 2.05) is 24.3 Å². The second-order valence-corrected chi connectivity index (χ2v) is 10.1. The van der Waals surface area contributed by atoms with Crippen molar-refractivity contribution in [3.05, 3.63) is 102 Å². The Balaban J connectivity index is 1.16. The number of methoxy groups -OCH3 is 1. The third-order valence-corrected chi connectivity index (χ3v) is 8.07. The first kappa shape index (κ1) is 23.0. The van der Waals surface area contributed by atoms with Gasteiger partial charge in [-0.2, -0.15) is 0 Å². The van der Waals surface area contributed by atoms with Gasteiger partial charge in [0.2, 0.25) is 0 Å². The van der Waals surface area contributed by atoms with E-state index in [1.54, 1.807) is 13.3 Å². The lowest BCUT2D eigenvalue weighted by Crippen LogP contribution is -2.54. The van der Waals surface area contributed by atoms with E-state index in [2.05, 4.69) is 76.6 Å². The molecule has 4 heterocycles. The number of ether oxygens (including phenoxy) is 1. The molecule has 4 nitrogen and oxygen atoms in total. The van der Waals surface area contributed by atoms with Crippen LogP contribution in [0.25, 0.3) is 28.1 Å². The molecule has 4 unspecified atom stereocenters. The van der Waals surface area contributed by atoms with Crippen molar-refractivity contribution in [3.63, 3.8) is 0 Å². The Morgan fingerprint density at radius 3 is 2.56 bits per heavy atom. The van der Waals surface area contributed by atoms with E-state index >= 15 is 0 Å². The third kappa shape index (κ3) is 4.43. The molecule has 0 amide bonds. The summed E-state index contributed by atoms with van der Waals surface area (Å²) in [5.74, 6) is 1.90. The molecule has 1 aromatic heterocycles. The minimum absolute atomic E-state index is 0.135. The monoisotopic (exact) mass is 476 g/mol. The summed E-state index contributed by atoms with van der Waals surface area (Å²) in [7, 11) is 1.67. The third-order valence-electron chi connectivity index (χ3n) is 8.07. The average molecular weight is 477 g/mol. The molecule has 1 N–H and O–H groups in total. The highest BCUT2D eigenvalue weighted by Gasteiger charge is 2.42. The van der Waals surface area contributed by atoms with Crippen LogP contribution < -0.4 is 4.74 Å². The summed E-state index contributed by atoms with van der Waals surface area (Å²) in [5, 5.41) is 12.5. The molecule has 4 aromatic rings. The van der Waals surface area contributed by atoms with Gasteiger partial charge in [0.05, 0.1) is 18.7 Å². The van der Waals surface area contributed by atoms with Crippen LogP contribution in [-0.2, 0) is 0 Å². The van der Waals surface area contributed by atoms with Crippen LogP contribution in [0.1, 0.15) is 30.1 Å². The number of hydrogen-bond acceptors (Lipinski definition) is 4. The van der Waals surface area contributed by atoms with E-state index in [1.165, 1.54) is 23.1 Å². The van der Waals surface area contributed by atoms with Crippen LogP contribution in [0.15, 0.2) is 91.1 Å². The largest absolute Gasteiger partial charge is 0.497 e. The summed E-state index contributed by atoms with van der Waals surface area (Å²) in [4.78, 5) is 6.98. The zero-order valence-electron chi connectivity index (χ0n) is 20.6. The lowest BCUT2D eigenvalue weighted by Gasteiger charge is -2.50. The Bertz CT molecular complexity index is 1370. The summed E-state index contributed by atoms with van der Waals surface area (Å²) >= 11 is 0. The Labute approximate surface area is 212 Å². The number of nitrogens with zero attached hydrogens (tertiary/aromatic N) is 2. The first-order valence-electron chi connectivity index (χ1n) is 12.9. The number of rotatable bonds is 6. The molecule has 3 saturated heterocycles. The minimum atomic E-state index is -0.541. The van der Waals surface area contributed by atoms with Crippen molar-refractivity contribution in [1.29, 1.82) is 0 Å². The molecule has 3 fully saturated rings. The number of aromatic nitrogens is 1. The first-order chi connectivity index (χ1) is 17.7. The first-order valence-corrected chi connectivity index (χ1v) is 12.9. The van der Waals surface area contributed by atoms with Crippen molar-refractivity contribution in [1.82, 2.24) is 9.88 Å². The summed E-state index contributed by atoms with van der Waals surface area (Å²) in [6.07, 6.45) is 8.13. The molecule has 3 aliphatic rings. The maximum atomic E-state index is 11.5. The second kappa shape index (κ2) is 9.88. The minimum Gasteiger partial charge on any atom is -0.497 e. The molecule has 0 aliphatic carbocycles. The fraction of sp³-hybridized carbons (Fsp3) is 0.281. The smallest absolute Gasteiger partial charge is 0.119 e. The number of aliphatic hydroxyl groups excluding tert-OH is 1. The van der Waals surface area contributed by atoms with Gasteiger partial charge in [0.15, 0.2) is 0 Å². The zero-order chi connectivity index (χ0) is 24.5. The molecule has 0 spiro atoms. The van der Waals surface area contributed by atoms with Crippen molar-refractivity contribution in [3.8, 4) is 16.9 Å². The summed E-state index contributed by atoms with van der Waals surface area (Å²) in [5.41, 5.74) is 5.56. The normalized spacial score (nSPS) is 24.3. The number of hydrogen-bond donors (Lipinski definition) is 1.